The summed E-state index contributed by atoms with van der Waals surface area (Å²) < 4.78 is 141. The second-order valence-corrected chi connectivity index (χ2v) is 12.7. The van der Waals surface area contributed by atoms with Crippen LogP contribution in [-0.4, -0.2) is 30.4 Å². The standard InChI is InChI=1S/C12H6Cl3F5N2S.C11H3Cl3F6N2S/c1-4-21-9(15)10(23-11(16)17)22(4)8-6(13)2-5(3-7(8)14)12(18,19)20;12-5-1-4(10(15,16)17)2-6(13)7(5)22-3-21-9(8(22)14)23-11(18,19)20/h2-3,11H,1H3;1-3H. The van der Waals surface area contributed by atoms with Crippen molar-refractivity contribution in [3.63, 3.8) is 0 Å². The molecule has 4 aromatic rings. The first kappa shape index (κ1) is 39.0. The van der Waals surface area contributed by atoms with Gasteiger partial charge in [0.05, 0.1) is 42.6 Å². The molecule has 252 valence electrons. The minimum Gasteiger partial charge on any atom is -0.287 e. The largest absolute Gasteiger partial charge is 0.447 e. The van der Waals surface area contributed by atoms with E-state index in [1.807, 2.05) is 0 Å². The summed E-state index contributed by atoms with van der Waals surface area (Å²) in [6, 6.07) is 2.51. The van der Waals surface area contributed by atoms with Crippen molar-refractivity contribution in [2.24, 2.45) is 0 Å². The van der Waals surface area contributed by atoms with E-state index in [1.165, 1.54) is 6.92 Å². The minimum atomic E-state index is -4.68. The molecule has 0 unspecified atom stereocenters. The quantitative estimate of drug-likeness (QED) is 0.148. The predicted molar refractivity (Wildman–Crippen MR) is 156 cm³/mol. The van der Waals surface area contributed by atoms with E-state index in [2.05, 4.69) is 9.97 Å². The van der Waals surface area contributed by atoms with Crippen LogP contribution in [0.4, 0.5) is 48.3 Å². The molecule has 2 aromatic carbocycles. The molecule has 2 aromatic heterocycles. The van der Waals surface area contributed by atoms with Crippen molar-refractivity contribution < 1.29 is 48.3 Å². The lowest BCUT2D eigenvalue weighted by atomic mass is 10.2. The van der Waals surface area contributed by atoms with Gasteiger partial charge in [-0.2, -0.15) is 48.3 Å². The maximum atomic E-state index is 12.8. The van der Waals surface area contributed by atoms with E-state index in [-0.39, 0.29) is 49.2 Å². The van der Waals surface area contributed by atoms with Gasteiger partial charge in [0, 0.05) is 11.8 Å². The summed E-state index contributed by atoms with van der Waals surface area (Å²) in [5.41, 5.74) is -7.08. The van der Waals surface area contributed by atoms with Crippen LogP contribution >= 0.6 is 93.1 Å². The fourth-order valence-electron chi connectivity index (χ4n) is 3.48. The molecule has 0 saturated carbocycles. The lowest BCUT2D eigenvalue weighted by molar-refractivity contribution is -0.138. The van der Waals surface area contributed by atoms with E-state index in [9.17, 15) is 48.3 Å². The van der Waals surface area contributed by atoms with Crippen LogP contribution in [-0.2, 0) is 12.4 Å². The van der Waals surface area contributed by atoms with E-state index in [4.69, 9.17) is 69.6 Å². The van der Waals surface area contributed by atoms with Crippen LogP contribution in [0.1, 0.15) is 17.0 Å². The smallest absolute Gasteiger partial charge is 0.287 e. The van der Waals surface area contributed by atoms with Gasteiger partial charge in [0.25, 0.3) is 5.76 Å². The van der Waals surface area contributed by atoms with E-state index in [0.29, 0.717) is 24.3 Å². The summed E-state index contributed by atoms with van der Waals surface area (Å²) in [5.74, 6) is -2.66. The molecule has 46 heavy (non-hydrogen) atoms. The van der Waals surface area contributed by atoms with E-state index >= 15 is 0 Å². The molecule has 2 heterocycles. The highest BCUT2D eigenvalue weighted by Gasteiger charge is 2.35. The third-order valence-electron chi connectivity index (χ3n) is 5.21. The van der Waals surface area contributed by atoms with E-state index in [1.54, 1.807) is 0 Å². The normalized spacial score (nSPS) is 12.5. The van der Waals surface area contributed by atoms with Crippen LogP contribution in [0, 0.1) is 6.92 Å². The van der Waals surface area contributed by atoms with Crippen molar-refractivity contribution >= 4 is 93.1 Å². The summed E-state index contributed by atoms with van der Waals surface area (Å²) in [4.78, 5) is 7.29. The Morgan fingerprint density at radius 2 is 1.15 bits per heavy atom. The molecular formula is C23H9Cl6F11N4S2. The van der Waals surface area contributed by atoms with Crippen molar-refractivity contribution in [3.8, 4) is 11.4 Å². The molecule has 0 N–H and O–H groups in total. The third kappa shape index (κ3) is 9.36. The molecule has 0 spiro atoms. The predicted octanol–water partition coefficient (Wildman–Crippen LogP) is 12.9. The monoisotopic (exact) mass is 824 g/mol. The zero-order valence-electron chi connectivity index (χ0n) is 21.5. The average Bonchev–Trinajstić information content (AvgIpc) is 3.34. The number of imidazole rings is 2. The topological polar surface area (TPSA) is 35.6 Å². The van der Waals surface area contributed by atoms with Crippen LogP contribution in [0.25, 0.3) is 11.4 Å². The highest BCUT2D eigenvalue weighted by Crippen LogP contribution is 2.44. The molecule has 0 aliphatic rings. The third-order valence-corrected chi connectivity index (χ3v) is 8.71. The van der Waals surface area contributed by atoms with Gasteiger partial charge in [0.15, 0.2) is 5.15 Å². The Labute approximate surface area is 289 Å². The zero-order valence-corrected chi connectivity index (χ0v) is 27.7. The Kier molecular flexibility index (Phi) is 12.3. The summed E-state index contributed by atoms with van der Waals surface area (Å²) >= 11 is 34.4. The van der Waals surface area contributed by atoms with E-state index < -0.39 is 66.7 Å². The molecular weight excluding hydrogens is 818 g/mol. The Morgan fingerprint density at radius 1 is 0.717 bits per heavy atom. The molecule has 0 fully saturated rings. The van der Waals surface area contributed by atoms with Gasteiger partial charge < -0.3 is 0 Å². The van der Waals surface area contributed by atoms with Crippen LogP contribution in [0.15, 0.2) is 40.6 Å². The number of hydrogen-bond donors (Lipinski definition) is 0. The Hall–Kier alpha value is -1.47. The number of aromatic nitrogens is 4. The molecule has 23 heteroatoms. The van der Waals surface area contributed by atoms with Gasteiger partial charge in [-0.3, -0.25) is 9.13 Å². The first-order valence-corrected chi connectivity index (χ1v) is 15.2. The van der Waals surface area contributed by atoms with Gasteiger partial charge in [-0.05, 0) is 43.0 Å². The number of aryl methyl sites for hydroxylation is 1. The molecule has 0 radical (unpaired) electrons. The molecule has 0 amide bonds. The van der Waals surface area contributed by atoms with Crippen LogP contribution in [0.5, 0.6) is 0 Å². The summed E-state index contributed by atoms with van der Waals surface area (Å²) in [6.45, 7) is 1.44. The van der Waals surface area contributed by atoms with Crippen molar-refractivity contribution in [1.29, 1.82) is 0 Å². The lowest BCUT2D eigenvalue weighted by Gasteiger charge is -2.16. The Morgan fingerprint density at radius 3 is 1.54 bits per heavy atom. The number of halogens is 17. The van der Waals surface area contributed by atoms with Crippen molar-refractivity contribution in [2.45, 2.75) is 40.6 Å². The molecule has 0 bridgehead atoms. The number of thioether (sulfide) groups is 2. The van der Waals surface area contributed by atoms with Crippen molar-refractivity contribution in [1.82, 2.24) is 19.1 Å². The fourth-order valence-corrected chi connectivity index (χ4v) is 6.58. The number of nitrogens with zero attached hydrogens (tertiary/aromatic N) is 4. The van der Waals surface area contributed by atoms with Gasteiger partial charge in [-0.25, -0.2) is 9.97 Å². The maximum Gasteiger partial charge on any atom is 0.447 e. The lowest BCUT2D eigenvalue weighted by Crippen LogP contribution is -2.08. The van der Waals surface area contributed by atoms with E-state index in [0.717, 1.165) is 15.5 Å². The Balaban J connectivity index is 0.000000250. The van der Waals surface area contributed by atoms with Gasteiger partial charge >= 0.3 is 17.9 Å². The second-order valence-electron chi connectivity index (χ2n) is 8.30. The second kappa shape index (κ2) is 14.6. The fraction of sp³-hybridized carbons (Fsp3) is 0.217. The minimum absolute atomic E-state index is 0.0902. The zero-order chi connectivity index (χ0) is 35.1. The van der Waals surface area contributed by atoms with Crippen molar-refractivity contribution in [2.75, 3.05) is 0 Å². The van der Waals surface area contributed by atoms with Gasteiger partial charge in [0.1, 0.15) is 27.4 Å². The molecule has 4 nitrogen and oxygen atoms in total. The van der Waals surface area contributed by atoms with Crippen LogP contribution in [0.2, 0.25) is 30.4 Å². The molecule has 0 aliphatic carbocycles. The number of hydrogen-bond acceptors (Lipinski definition) is 4. The van der Waals surface area contributed by atoms with Gasteiger partial charge in [0.2, 0.25) is 0 Å². The number of rotatable bonds is 5. The summed E-state index contributed by atoms with van der Waals surface area (Å²) in [7, 11) is 0. The van der Waals surface area contributed by atoms with Crippen LogP contribution < -0.4 is 0 Å². The SMILES string of the molecule is Cc1nc(Cl)c(SC(F)F)n1-c1c(Cl)cc(C(F)(F)F)cc1Cl.FC(F)(F)Sc1ncn(-c2c(Cl)cc(C(F)(F)F)cc2Cl)c1Cl. The molecule has 4 rings (SSSR count). The average molecular weight is 827 g/mol. The van der Waals surface area contributed by atoms with Crippen LogP contribution in [0.3, 0.4) is 0 Å². The number of alkyl halides is 11. The summed E-state index contributed by atoms with van der Waals surface area (Å²) in [5, 5.41) is -3.04. The van der Waals surface area contributed by atoms with Crippen molar-refractivity contribution in [3.05, 3.63) is 77.9 Å². The first-order chi connectivity index (χ1) is 20.9. The van der Waals surface area contributed by atoms with Gasteiger partial charge in [-0.15, -0.1) is 0 Å². The molecule has 0 saturated heterocycles. The molecule has 0 atom stereocenters. The Bertz CT molecular complexity index is 1690. The first-order valence-electron chi connectivity index (χ1n) is 11.2. The molecule has 0 aliphatic heterocycles. The maximum absolute atomic E-state index is 12.8. The summed E-state index contributed by atoms with van der Waals surface area (Å²) in [6.07, 6.45) is -8.44. The highest BCUT2D eigenvalue weighted by molar-refractivity contribution is 8.00. The number of benzene rings is 2. The highest BCUT2D eigenvalue weighted by atomic mass is 35.5. The van der Waals surface area contributed by atoms with Gasteiger partial charge in [-0.1, -0.05) is 69.6 Å².